The molecular weight excluding hydrogens is 249 g/mol. The number of nitrogens with one attached hydrogen (secondary N) is 2. The van der Waals surface area contributed by atoms with Gasteiger partial charge >= 0.3 is 7.59 Å². The molecule has 0 saturated carbocycles. The molecule has 2 N–H and O–H groups in total. The molecule has 0 bridgehead atoms. The van der Waals surface area contributed by atoms with E-state index < -0.39 is 7.59 Å². The van der Waals surface area contributed by atoms with Crippen LogP contribution >= 0.6 is 19.2 Å². The molecule has 2 heterocycles. The van der Waals surface area contributed by atoms with E-state index in [2.05, 4.69) is 20.1 Å². The summed E-state index contributed by atoms with van der Waals surface area (Å²) in [5, 5.41) is 5.76. The lowest BCUT2D eigenvalue weighted by molar-refractivity contribution is 0.543. The van der Waals surface area contributed by atoms with Crippen LogP contribution in [0.2, 0.25) is 0 Å². The summed E-state index contributed by atoms with van der Waals surface area (Å²) < 4.78 is 14.3. The summed E-state index contributed by atoms with van der Waals surface area (Å²) in [6.07, 6.45) is 3.20. The van der Waals surface area contributed by atoms with E-state index in [0.29, 0.717) is 18.4 Å². The molecule has 1 aromatic heterocycles. The van der Waals surface area contributed by atoms with Gasteiger partial charge in [-0.25, -0.2) is 19.7 Å². The van der Waals surface area contributed by atoms with Gasteiger partial charge in [-0.3, -0.25) is 9.65 Å². The number of halogens is 1. The fourth-order valence-electron chi connectivity index (χ4n) is 1.22. The molecule has 88 valence electrons. The first-order valence-electron chi connectivity index (χ1n) is 4.96. The fraction of sp³-hybridized carbons (Fsp3) is 0.500. The Hall–Kier alpha value is -0.680. The van der Waals surface area contributed by atoms with Crippen molar-refractivity contribution < 1.29 is 4.57 Å². The van der Waals surface area contributed by atoms with Gasteiger partial charge in [-0.15, -0.1) is 11.6 Å². The molecule has 0 spiro atoms. The maximum Gasteiger partial charge on any atom is 0.308 e. The van der Waals surface area contributed by atoms with Crippen LogP contribution in [0.5, 0.6) is 0 Å². The Morgan fingerprint density at radius 2 is 2.12 bits per heavy atom. The Morgan fingerprint density at radius 1 is 1.44 bits per heavy atom. The van der Waals surface area contributed by atoms with Gasteiger partial charge < -0.3 is 0 Å². The van der Waals surface area contributed by atoms with Crippen molar-refractivity contribution in [2.75, 3.05) is 30.6 Å². The number of hydrogen-bond donors (Lipinski definition) is 2. The van der Waals surface area contributed by atoms with E-state index in [9.17, 15) is 4.57 Å². The lowest BCUT2D eigenvalue weighted by atomic mass is 10.7. The van der Waals surface area contributed by atoms with Gasteiger partial charge in [-0.2, -0.15) is 0 Å². The number of rotatable bonds is 6. The molecular formula is C8H13ClN5OP. The van der Waals surface area contributed by atoms with E-state index in [0.717, 1.165) is 13.1 Å². The number of anilines is 1. The number of alkyl halides is 1. The number of aromatic nitrogens is 2. The molecule has 1 aliphatic heterocycles. The van der Waals surface area contributed by atoms with Crippen molar-refractivity contribution in [3.8, 4) is 0 Å². The zero-order valence-electron chi connectivity index (χ0n) is 8.64. The van der Waals surface area contributed by atoms with Crippen LogP contribution in [-0.2, 0) is 4.57 Å². The van der Waals surface area contributed by atoms with Gasteiger partial charge in [0.2, 0.25) is 5.95 Å². The molecule has 1 aromatic rings. The summed E-state index contributed by atoms with van der Waals surface area (Å²) in [5.74, 6) is 0.773. The smallest absolute Gasteiger partial charge is 0.281 e. The highest BCUT2D eigenvalue weighted by molar-refractivity contribution is 7.61. The average molecular weight is 262 g/mol. The van der Waals surface area contributed by atoms with Crippen LogP contribution in [0.15, 0.2) is 18.5 Å². The highest BCUT2D eigenvalue weighted by Crippen LogP contribution is 2.48. The van der Waals surface area contributed by atoms with Gasteiger partial charge in [0.25, 0.3) is 0 Å². The monoisotopic (exact) mass is 261 g/mol. The molecule has 0 aliphatic carbocycles. The normalized spacial score (nSPS) is 19.1. The summed E-state index contributed by atoms with van der Waals surface area (Å²) in [7, 11) is -2.79. The van der Waals surface area contributed by atoms with Crippen LogP contribution in [0.3, 0.4) is 0 Å². The first-order chi connectivity index (χ1) is 7.74. The summed E-state index contributed by atoms with van der Waals surface area (Å²) >= 11 is 5.57. The van der Waals surface area contributed by atoms with E-state index in [1.54, 1.807) is 18.5 Å². The molecule has 1 saturated heterocycles. The second-order valence-corrected chi connectivity index (χ2v) is 5.95. The van der Waals surface area contributed by atoms with Gasteiger partial charge in [0.15, 0.2) is 0 Å². The Bertz CT molecular complexity index is 385. The summed E-state index contributed by atoms with van der Waals surface area (Å²) in [6, 6.07) is 1.71. The zero-order chi connectivity index (χ0) is 11.4. The molecule has 8 heteroatoms. The Labute approximate surface area is 98.9 Å². The minimum Gasteiger partial charge on any atom is -0.281 e. The predicted molar refractivity (Wildman–Crippen MR) is 63.6 cm³/mol. The second-order valence-electron chi connectivity index (χ2n) is 3.31. The Kier molecular flexibility index (Phi) is 3.76. The summed E-state index contributed by atoms with van der Waals surface area (Å²) in [6.45, 7) is 2.11. The van der Waals surface area contributed by atoms with E-state index >= 15 is 0 Å². The third-order valence-electron chi connectivity index (χ3n) is 2.06. The molecule has 6 nitrogen and oxygen atoms in total. The van der Waals surface area contributed by atoms with Crippen molar-refractivity contribution in [2.24, 2.45) is 0 Å². The quantitative estimate of drug-likeness (QED) is 0.455. The predicted octanol–water partition coefficient (Wildman–Crippen LogP) is 1.14. The van der Waals surface area contributed by atoms with Gasteiger partial charge in [-0.05, 0) is 6.07 Å². The van der Waals surface area contributed by atoms with Crippen LogP contribution in [0.1, 0.15) is 0 Å². The standard InChI is InChI=1S/C8H13ClN5OP/c9-2-5-12-16(15,14-6-7-14)13-8-10-3-1-4-11-8/h1,3-4H,2,5-7H2,(H2,10,11,12,13,15). The summed E-state index contributed by atoms with van der Waals surface area (Å²) in [4.78, 5) is 7.98. The van der Waals surface area contributed by atoms with Crippen LogP contribution in [0, 0.1) is 0 Å². The number of nitrogens with zero attached hydrogens (tertiary/aromatic N) is 3. The Morgan fingerprint density at radius 3 is 2.69 bits per heavy atom. The van der Waals surface area contributed by atoms with Crippen LogP contribution < -0.4 is 10.2 Å². The van der Waals surface area contributed by atoms with Crippen molar-refractivity contribution >= 4 is 25.1 Å². The second kappa shape index (κ2) is 5.10. The molecule has 1 fully saturated rings. The molecule has 1 atom stereocenters. The largest absolute Gasteiger partial charge is 0.308 e. The molecule has 1 unspecified atom stereocenters. The number of hydrogen-bond acceptors (Lipinski definition) is 3. The van der Waals surface area contributed by atoms with Crippen molar-refractivity contribution in [3.63, 3.8) is 0 Å². The van der Waals surface area contributed by atoms with E-state index in [1.165, 1.54) is 0 Å². The first-order valence-corrected chi connectivity index (χ1v) is 7.16. The lowest BCUT2D eigenvalue weighted by Gasteiger charge is -2.20. The van der Waals surface area contributed by atoms with Gasteiger partial charge in [0, 0.05) is 37.9 Å². The van der Waals surface area contributed by atoms with Gasteiger partial charge in [-0.1, -0.05) is 0 Å². The van der Waals surface area contributed by atoms with Crippen LogP contribution in [0.4, 0.5) is 5.95 Å². The van der Waals surface area contributed by atoms with E-state index in [4.69, 9.17) is 11.6 Å². The molecule has 0 aromatic carbocycles. The highest BCUT2D eigenvalue weighted by atomic mass is 35.5. The Balaban J connectivity index is 2.05. The maximum absolute atomic E-state index is 12.5. The van der Waals surface area contributed by atoms with Gasteiger partial charge in [0.05, 0.1) is 0 Å². The van der Waals surface area contributed by atoms with Crippen LogP contribution in [-0.4, -0.2) is 40.2 Å². The minimum atomic E-state index is -2.79. The maximum atomic E-state index is 12.5. The topological polar surface area (TPSA) is 69.9 Å². The molecule has 0 radical (unpaired) electrons. The van der Waals surface area contributed by atoms with Gasteiger partial charge in [0.1, 0.15) is 0 Å². The van der Waals surface area contributed by atoms with Crippen molar-refractivity contribution in [2.45, 2.75) is 0 Å². The average Bonchev–Trinajstić information content (AvgIpc) is 3.12. The van der Waals surface area contributed by atoms with Crippen molar-refractivity contribution in [1.82, 2.24) is 19.7 Å². The van der Waals surface area contributed by atoms with Crippen molar-refractivity contribution in [3.05, 3.63) is 18.5 Å². The van der Waals surface area contributed by atoms with Crippen molar-refractivity contribution in [1.29, 1.82) is 0 Å². The summed E-state index contributed by atoms with van der Waals surface area (Å²) in [5.41, 5.74) is 0. The molecule has 2 rings (SSSR count). The minimum absolute atomic E-state index is 0.361. The third-order valence-corrected chi connectivity index (χ3v) is 4.60. The highest BCUT2D eigenvalue weighted by Gasteiger charge is 2.38. The molecule has 1 aliphatic rings. The lowest BCUT2D eigenvalue weighted by Crippen LogP contribution is -2.23. The van der Waals surface area contributed by atoms with E-state index in [-0.39, 0.29) is 0 Å². The third kappa shape index (κ3) is 2.92. The molecule has 0 amide bonds. The first kappa shape index (κ1) is 11.8. The molecule has 16 heavy (non-hydrogen) atoms. The SMILES string of the molecule is O=P(NCCCl)(Nc1ncccn1)N1CC1. The zero-order valence-corrected chi connectivity index (χ0v) is 10.3. The van der Waals surface area contributed by atoms with E-state index in [1.807, 2.05) is 4.67 Å². The fourth-order valence-corrected chi connectivity index (χ4v) is 3.32. The van der Waals surface area contributed by atoms with Crippen LogP contribution in [0.25, 0.3) is 0 Å².